The van der Waals surface area contributed by atoms with Gasteiger partial charge in [0.15, 0.2) is 0 Å². The highest BCUT2D eigenvalue weighted by atomic mass is 35.5. The van der Waals surface area contributed by atoms with Crippen molar-refractivity contribution >= 4 is 21.6 Å². The minimum Gasteiger partial charge on any atom is -0.313 e. The van der Waals surface area contributed by atoms with E-state index in [-0.39, 0.29) is 16.9 Å². The van der Waals surface area contributed by atoms with Gasteiger partial charge >= 0.3 is 0 Å². The molecule has 2 N–H and O–H groups in total. The zero-order chi connectivity index (χ0) is 16.2. The highest BCUT2D eigenvalue weighted by Gasteiger charge is 2.22. The molecule has 1 unspecified atom stereocenters. The van der Waals surface area contributed by atoms with Crippen LogP contribution in [0, 0.1) is 12.8 Å². The van der Waals surface area contributed by atoms with Gasteiger partial charge in [-0.1, -0.05) is 32.4 Å². The number of rotatable bonds is 7. The Morgan fingerprint density at radius 3 is 2.38 bits per heavy atom. The van der Waals surface area contributed by atoms with Crippen LogP contribution in [0.4, 0.5) is 0 Å². The van der Waals surface area contributed by atoms with E-state index >= 15 is 0 Å². The number of benzene rings is 1. The van der Waals surface area contributed by atoms with Gasteiger partial charge in [0.25, 0.3) is 0 Å². The summed E-state index contributed by atoms with van der Waals surface area (Å²) >= 11 is 6.09. The molecule has 0 radical (unpaired) electrons. The third-order valence-corrected chi connectivity index (χ3v) is 5.53. The average molecular weight is 333 g/mol. The molecule has 0 aliphatic rings. The van der Waals surface area contributed by atoms with E-state index < -0.39 is 10.0 Å². The lowest BCUT2D eigenvalue weighted by Gasteiger charge is -2.19. The lowest BCUT2D eigenvalue weighted by Crippen LogP contribution is -2.36. The van der Waals surface area contributed by atoms with E-state index in [0.29, 0.717) is 11.6 Å². The van der Waals surface area contributed by atoms with Crippen LogP contribution < -0.4 is 10.0 Å². The van der Waals surface area contributed by atoms with Crippen molar-refractivity contribution < 1.29 is 8.42 Å². The summed E-state index contributed by atoms with van der Waals surface area (Å²) in [4.78, 5) is 0.260. The number of nitrogens with one attached hydrogen (secondary N) is 2. The molecule has 1 rings (SSSR count). The Labute approximate surface area is 133 Å². The number of sulfonamides is 1. The molecular formula is C15H25ClN2O2S. The fraction of sp³-hybridized carbons (Fsp3) is 0.600. The van der Waals surface area contributed by atoms with Crippen molar-refractivity contribution in [2.24, 2.45) is 5.92 Å². The highest BCUT2D eigenvalue weighted by molar-refractivity contribution is 7.89. The third kappa shape index (κ3) is 4.95. The van der Waals surface area contributed by atoms with Gasteiger partial charge in [0, 0.05) is 17.6 Å². The Hall–Kier alpha value is -0.620. The van der Waals surface area contributed by atoms with E-state index in [1.165, 1.54) is 6.07 Å². The van der Waals surface area contributed by atoms with Gasteiger partial charge in [0.05, 0.1) is 4.90 Å². The van der Waals surface area contributed by atoms with Crippen molar-refractivity contribution in [2.45, 2.75) is 52.1 Å². The Morgan fingerprint density at radius 1 is 1.24 bits per heavy atom. The van der Waals surface area contributed by atoms with Crippen molar-refractivity contribution in [3.8, 4) is 0 Å². The van der Waals surface area contributed by atoms with E-state index in [1.54, 1.807) is 0 Å². The molecule has 0 bridgehead atoms. The predicted octanol–water partition coefficient (Wildman–Crippen LogP) is 3.08. The quantitative estimate of drug-likeness (QED) is 0.806. The van der Waals surface area contributed by atoms with Crippen molar-refractivity contribution in [3.63, 3.8) is 0 Å². The second-order valence-corrected chi connectivity index (χ2v) is 7.74. The van der Waals surface area contributed by atoms with Crippen molar-refractivity contribution in [1.82, 2.24) is 10.0 Å². The van der Waals surface area contributed by atoms with E-state index in [1.807, 2.05) is 40.7 Å². The molecule has 0 saturated carbocycles. The van der Waals surface area contributed by atoms with Crippen LogP contribution in [0.1, 0.15) is 38.8 Å². The normalized spacial score (nSPS) is 13.7. The monoisotopic (exact) mass is 332 g/mol. The van der Waals surface area contributed by atoms with Gasteiger partial charge in [0.2, 0.25) is 10.0 Å². The Balaban J connectivity index is 3.20. The zero-order valence-corrected chi connectivity index (χ0v) is 14.9. The van der Waals surface area contributed by atoms with Gasteiger partial charge in [-0.05, 0) is 49.6 Å². The van der Waals surface area contributed by atoms with Crippen LogP contribution in [0.5, 0.6) is 0 Å². The SMILES string of the molecule is CCNCc1cc(Cl)cc(S(=O)(=O)NC(C)C(C)C)c1C. The van der Waals surface area contributed by atoms with Gasteiger partial charge in [-0.25, -0.2) is 13.1 Å². The van der Waals surface area contributed by atoms with Gasteiger partial charge in [-0.15, -0.1) is 0 Å². The molecule has 0 aromatic heterocycles. The minimum atomic E-state index is -3.57. The second kappa shape index (κ2) is 7.58. The van der Waals surface area contributed by atoms with Gasteiger partial charge in [0.1, 0.15) is 0 Å². The first-order chi connectivity index (χ1) is 9.69. The fourth-order valence-electron chi connectivity index (χ4n) is 1.87. The topological polar surface area (TPSA) is 58.2 Å². The van der Waals surface area contributed by atoms with Crippen LogP contribution in [0.2, 0.25) is 5.02 Å². The summed E-state index contributed by atoms with van der Waals surface area (Å²) in [7, 11) is -3.57. The van der Waals surface area contributed by atoms with Gasteiger partial charge < -0.3 is 5.32 Å². The largest absolute Gasteiger partial charge is 0.313 e. The molecule has 4 nitrogen and oxygen atoms in total. The van der Waals surface area contributed by atoms with Crippen LogP contribution in [0.3, 0.4) is 0 Å². The standard InChI is InChI=1S/C15H25ClN2O2S/c1-6-17-9-13-7-14(16)8-15(11(13)4)21(19,20)18-12(5)10(2)3/h7-8,10,12,17-18H,6,9H2,1-5H3. The molecule has 0 heterocycles. The lowest BCUT2D eigenvalue weighted by molar-refractivity contribution is 0.476. The molecule has 1 atom stereocenters. The molecule has 1 aromatic rings. The predicted molar refractivity (Wildman–Crippen MR) is 88.2 cm³/mol. The van der Waals surface area contributed by atoms with Crippen molar-refractivity contribution in [2.75, 3.05) is 6.54 Å². The van der Waals surface area contributed by atoms with E-state index in [0.717, 1.165) is 17.7 Å². The van der Waals surface area contributed by atoms with Crippen LogP contribution in [0.25, 0.3) is 0 Å². The summed E-state index contributed by atoms with van der Waals surface area (Å²) in [6.45, 7) is 11.1. The summed E-state index contributed by atoms with van der Waals surface area (Å²) < 4.78 is 27.8. The van der Waals surface area contributed by atoms with Crippen LogP contribution >= 0.6 is 11.6 Å². The molecule has 0 aliphatic carbocycles. The third-order valence-electron chi connectivity index (χ3n) is 3.63. The first-order valence-electron chi connectivity index (χ1n) is 7.21. The molecule has 0 saturated heterocycles. The smallest absolute Gasteiger partial charge is 0.241 e. The summed E-state index contributed by atoms with van der Waals surface area (Å²) in [6, 6.07) is 3.19. The molecule has 0 fully saturated rings. The zero-order valence-electron chi connectivity index (χ0n) is 13.3. The number of hydrogen-bond donors (Lipinski definition) is 2. The molecule has 6 heteroatoms. The number of halogens is 1. The van der Waals surface area contributed by atoms with E-state index in [2.05, 4.69) is 10.0 Å². The summed E-state index contributed by atoms with van der Waals surface area (Å²) in [5.74, 6) is 0.223. The molecule has 0 amide bonds. The van der Waals surface area contributed by atoms with Crippen LogP contribution in [0.15, 0.2) is 17.0 Å². The molecular weight excluding hydrogens is 308 g/mol. The Bertz CT molecular complexity index is 586. The second-order valence-electron chi connectivity index (χ2n) is 5.62. The van der Waals surface area contributed by atoms with Gasteiger partial charge in [-0.2, -0.15) is 0 Å². The molecule has 21 heavy (non-hydrogen) atoms. The molecule has 120 valence electrons. The fourth-order valence-corrected chi connectivity index (χ4v) is 3.89. The summed E-state index contributed by atoms with van der Waals surface area (Å²) in [5, 5.41) is 3.63. The molecule has 1 aromatic carbocycles. The van der Waals surface area contributed by atoms with Crippen LogP contribution in [-0.2, 0) is 16.6 Å². The van der Waals surface area contributed by atoms with Gasteiger partial charge in [-0.3, -0.25) is 0 Å². The highest BCUT2D eigenvalue weighted by Crippen LogP contribution is 2.25. The van der Waals surface area contributed by atoms with E-state index in [4.69, 9.17) is 11.6 Å². The lowest BCUT2D eigenvalue weighted by atomic mass is 10.1. The molecule has 0 spiro atoms. The summed E-state index contributed by atoms with van der Waals surface area (Å²) in [6.07, 6.45) is 0. The maximum Gasteiger partial charge on any atom is 0.241 e. The van der Waals surface area contributed by atoms with Crippen molar-refractivity contribution in [1.29, 1.82) is 0 Å². The van der Waals surface area contributed by atoms with Crippen LogP contribution in [-0.4, -0.2) is 21.0 Å². The first kappa shape index (κ1) is 18.4. The Kier molecular flexibility index (Phi) is 6.66. The summed E-state index contributed by atoms with van der Waals surface area (Å²) in [5.41, 5.74) is 1.64. The molecule has 0 aliphatic heterocycles. The maximum atomic E-state index is 12.6. The van der Waals surface area contributed by atoms with Crippen molar-refractivity contribution in [3.05, 3.63) is 28.3 Å². The average Bonchev–Trinajstić information content (AvgIpc) is 2.38. The number of hydrogen-bond acceptors (Lipinski definition) is 3. The Morgan fingerprint density at radius 2 is 1.86 bits per heavy atom. The minimum absolute atomic E-state index is 0.134. The first-order valence-corrected chi connectivity index (χ1v) is 9.07. The maximum absolute atomic E-state index is 12.6. The van der Waals surface area contributed by atoms with E-state index in [9.17, 15) is 8.42 Å².